The minimum absolute atomic E-state index is 0.181. The number of terminal acetylenes is 1. The molecule has 0 aliphatic heterocycles. The Morgan fingerprint density at radius 2 is 1.84 bits per heavy atom. The zero-order valence-electron chi connectivity index (χ0n) is 11.9. The van der Waals surface area contributed by atoms with E-state index in [1.807, 2.05) is 37.4 Å². The summed E-state index contributed by atoms with van der Waals surface area (Å²) in [5.41, 5.74) is 0.926. The van der Waals surface area contributed by atoms with Gasteiger partial charge >= 0.3 is 0 Å². The maximum atomic E-state index is 11.9. The van der Waals surface area contributed by atoms with Gasteiger partial charge in [0, 0.05) is 0 Å². The smallest absolute Gasteiger partial charge is 0.195 e. The van der Waals surface area contributed by atoms with Gasteiger partial charge in [-0.2, -0.15) is 0 Å². The van der Waals surface area contributed by atoms with E-state index in [1.165, 1.54) is 0 Å². The lowest BCUT2D eigenvalue weighted by molar-refractivity contribution is -0.112. The molecule has 0 saturated carbocycles. The fourth-order valence-electron chi connectivity index (χ4n) is 1.97. The number of benzene rings is 1. The highest BCUT2D eigenvalue weighted by Gasteiger charge is 2.35. The molecule has 0 fully saturated rings. The summed E-state index contributed by atoms with van der Waals surface area (Å²) in [6.45, 7) is 6.63. The number of hydrogen-bond donors (Lipinski definition) is 1. The van der Waals surface area contributed by atoms with E-state index in [0.717, 1.165) is 5.56 Å². The van der Waals surface area contributed by atoms with E-state index < -0.39 is 8.24 Å². The zero-order chi connectivity index (χ0) is 14.6. The molecule has 1 aromatic carbocycles. The average Bonchev–Trinajstić information content (AvgIpc) is 2.34. The summed E-state index contributed by atoms with van der Waals surface area (Å²) < 4.78 is 2.18. The third-order valence-corrected chi connectivity index (χ3v) is 6.06. The van der Waals surface area contributed by atoms with Gasteiger partial charge in [-0.15, -0.1) is 19.1 Å². The molecule has 0 saturated heterocycles. The molecule has 0 radical (unpaired) electrons. The molecule has 4 heteroatoms. The van der Waals surface area contributed by atoms with Crippen LogP contribution in [-0.2, 0) is 4.79 Å². The zero-order valence-corrected chi connectivity index (χ0v) is 13.8. The molecule has 0 aliphatic carbocycles. The lowest BCUT2D eigenvalue weighted by Gasteiger charge is -2.38. The van der Waals surface area contributed by atoms with E-state index in [0.29, 0.717) is 0 Å². The Balaban J connectivity index is 3.19. The van der Waals surface area contributed by atoms with Crippen LogP contribution in [-0.4, -0.2) is 31.0 Å². The number of rotatable bonds is 5. The predicted molar refractivity (Wildman–Crippen MR) is 86.9 cm³/mol. The van der Waals surface area contributed by atoms with Crippen molar-refractivity contribution in [2.75, 3.05) is 7.05 Å². The van der Waals surface area contributed by atoms with Crippen molar-refractivity contribution in [1.82, 2.24) is 4.57 Å². The van der Waals surface area contributed by atoms with Crippen molar-refractivity contribution >= 4 is 26.0 Å². The normalized spacial score (nSPS) is 14.8. The van der Waals surface area contributed by atoms with Gasteiger partial charge in [0.2, 0.25) is 0 Å². The highest BCUT2D eigenvalue weighted by molar-refractivity contribution is 7.96. The molecule has 2 nitrogen and oxygen atoms in total. The molecule has 0 aliphatic rings. The molecule has 0 aromatic heterocycles. The molecule has 0 bridgehead atoms. The summed E-state index contributed by atoms with van der Waals surface area (Å²) in [5.74, 6) is 2.40. The van der Waals surface area contributed by atoms with Crippen molar-refractivity contribution in [3.8, 4) is 12.3 Å². The highest BCUT2D eigenvalue weighted by atomic mass is 32.1. The molecule has 1 rings (SSSR count). The number of likely N-dealkylation sites (N-methyl/N-ethyl adjacent to an activating group) is 1. The molecule has 102 valence electrons. The summed E-state index contributed by atoms with van der Waals surface area (Å²) in [6.07, 6.45) is 5.69. The molecule has 0 amide bonds. The maximum Gasteiger partial charge on any atom is 0.195 e. The fraction of sp³-hybridized carbons (Fsp3) is 0.400. The lowest BCUT2D eigenvalue weighted by Crippen LogP contribution is -2.51. The minimum Gasteiger partial charge on any atom is -0.313 e. The average molecular weight is 291 g/mol. The van der Waals surface area contributed by atoms with Crippen molar-refractivity contribution in [3.05, 3.63) is 35.9 Å². The van der Waals surface area contributed by atoms with Crippen LogP contribution in [0.25, 0.3) is 0 Å². The second-order valence-corrected chi connectivity index (χ2v) is 11.1. The van der Waals surface area contributed by atoms with E-state index in [-0.39, 0.29) is 17.1 Å². The molecule has 0 N–H and O–H groups in total. The number of nitrogens with zero attached hydrogens (tertiary/aromatic N) is 1. The first-order valence-electron chi connectivity index (χ1n) is 6.26. The Morgan fingerprint density at radius 1 is 1.32 bits per heavy atom. The molecule has 2 atom stereocenters. The minimum atomic E-state index is -1.58. The Morgan fingerprint density at radius 3 is 2.21 bits per heavy atom. The first-order chi connectivity index (χ1) is 8.79. The summed E-state index contributed by atoms with van der Waals surface area (Å²) in [6, 6.07) is 9.38. The van der Waals surface area contributed by atoms with E-state index in [2.05, 4.69) is 42.8 Å². The first kappa shape index (κ1) is 16.0. The van der Waals surface area contributed by atoms with E-state index in [4.69, 9.17) is 6.42 Å². The molecule has 1 aromatic rings. The van der Waals surface area contributed by atoms with Gasteiger partial charge in [0.15, 0.2) is 5.12 Å². The van der Waals surface area contributed by atoms with Crippen LogP contribution < -0.4 is 0 Å². The van der Waals surface area contributed by atoms with Crippen LogP contribution in [0.2, 0.25) is 19.6 Å². The third kappa shape index (κ3) is 3.97. The van der Waals surface area contributed by atoms with Crippen LogP contribution in [0.15, 0.2) is 30.3 Å². The van der Waals surface area contributed by atoms with E-state index >= 15 is 0 Å². The summed E-state index contributed by atoms with van der Waals surface area (Å²) in [5, 5.41) is -0.181. The highest BCUT2D eigenvalue weighted by Crippen LogP contribution is 2.27. The van der Waals surface area contributed by atoms with Gasteiger partial charge in [-0.25, -0.2) is 0 Å². The van der Waals surface area contributed by atoms with Gasteiger partial charge < -0.3 is 4.57 Å². The van der Waals surface area contributed by atoms with Crippen LogP contribution in [0.3, 0.4) is 0 Å². The van der Waals surface area contributed by atoms with Crippen LogP contribution in [0.5, 0.6) is 0 Å². The number of hydrogen-bond acceptors (Lipinski definition) is 2. The van der Waals surface area contributed by atoms with Crippen LogP contribution in [0.4, 0.5) is 0 Å². The fourth-order valence-corrected chi connectivity index (χ4v) is 3.32. The van der Waals surface area contributed by atoms with Crippen LogP contribution in [0.1, 0.15) is 11.5 Å². The van der Waals surface area contributed by atoms with E-state index in [9.17, 15) is 4.79 Å². The molecular weight excluding hydrogens is 270 g/mol. The number of carbonyl (C=O) groups excluding carboxylic acids is 1. The van der Waals surface area contributed by atoms with Gasteiger partial charge in [-0.1, -0.05) is 55.9 Å². The lowest BCUT2D eigenvalue weighted by atomic mass is 9.93. The van der Waals surface area contributed by atoms with Crippen molar-refractivity contribution < 1.29 is 4.79 Å². The number of carbonyl (C=O) groups is 1. The second kappa shape index (κ2) is 6.42. The number of thiol groups is 1. The van der Waals surface area contributed by atoms with Crippen molar-refractivity contribution in [2.45, 2.75) is 31.6 Å². The standard InChI is InChI=1S/C15H21NOSSi/c1-6-13(16(2)19(3,4)5)14(15(17)18)12-10-8-7-9-11-12/h1,7-11,13-14H,2-5H3,(H,17,18). The topological polar surface area (TPSA) is 20.3 Å². The van der Waals surface area contributed by atoms with Gasteiger partial charge in [-0.3, -0.25) is 4.79 Å². The Bertz CT molecular complexity index is 475. The Kier molecular flexibility index (Phi) is 5.42. The van der Waals surface area contributed by atoms with Gasteiger partial charge in [-0.05, 0) is 12.6 Å². The van der Waals surface area contributed by atoms with Crippen LogP contribution in [0, 0.1) is 12.3 Å². The first-order valence-corrected chi connectivity index (χ1v) is 10.1. The maximum absolute atomic E-state index is 11.9. The summed E-state index contributed by atoms with van der Waals surface area (Å²) >= 11 is 4.04. The van der Waals surface area contributed by atoms with Gasteiger partial charge in [0.25, 0.3) is 0 Å². The Hall–Kier alpha value is -1.02. The Labute approximate surface area is 122 Å². The molecule has 0 spiro atoms. The molecule has 0 heterocycles. The largest absolute Gasteiger partial charge is 0.313 e. The van der Waals surface area contributed by atoms with Crippen molar-refractivity contribution in [1.29, 1.82) is 0 Å². The second-order valence-electron chi connectivity index (χ2n) is 5.62. The summed E-state index contributed by atoms with van der Waals surface area (Å²) in [7, 11) is 0.422. The van der Waals surface area contributed by atoms with Gasteiger partial charge in [0.05, 0.1) is 12.0 Å². The SMILES string of the molecule is C#CC(C(C(=O)S)c1ccccc1)N(C)[Si](C)(C)C. The van der Waals surface area contributed by atoms with Crippen molar-refractivity contribution in [2.24, 2.45) is 0 Å². The third-order valence-electron chi connectivity index (χ3n) is 3.39. The molecule has 2 unspecified atom stereocenters. The van der Waals surface area contributed by atoms with E-state index in [1.54, 1.807) is 0 Å². The quantitative estimate of drug-likeness (QED) is 0.511. The predicted octanol–water partition coefficient (Wildman–Crippen LogP) is 3.00. The monoisotopic (exact) mass is 291 g/mol. The summed E-state index contributed by atoms with van der Waals surface area (Å²) in [4.78, 5) is 11.9. The van der Waals surface area contributed by atoms with Gasteiger partial charge in [0.1, 0.15) is 8.24 Å². The molecule has 19 heavy (non-hydrogen) atoms. The van der Waals surface area contributed by atoms with Crippen molar-refractivity contribution in [3.63, 3.8) is 0 Å². The van der Waals surface area contributed by atoms with Crippen LogP contribution >= 0.6 is 12.6 Å². The molecular formula is C15H21NOSSi.